The number of aryl methyl sites for hydroxylation is 2. The van der Waals surface area contributed by atoms with Crippen LogP contribution in [0.1, 0.15) is 21.2 Å². The number of methoxy groups -OCH3 is 2. The summed E-state index contributed by atoms with van der Waals surface area (Å²) in [6.45, 7) is 3.46. The van der Waals surface area contributed by atoms with E-state index in [2.05, 4.69) is 0 Å². The van der Waals surface area contributed by atoms with Crippen molar-refractivity contribution in [2.45, 2.75) is 13.8 Å². The highest BCUT2D eigenvalue weighted by Crippen LogP contribution is 2.36. The SMILES string of the molecule is COc1ccc(-c2cc(OC(=O)c3cccs3)c3c(C)oc(C)c3c(=O)c2)cc1OC. The van der Waals surface area contributed by atoms with Crippen LogP contribution in [0.5, 0.6) is 17.2 Å². The maximum atomic E-state index is 13.1. The van der Waals surface area contributed by atoms with Crippen molar-refractivity contribution in [2.75, 3.05) is 14.2 Å². The topological polar surface area (TPSA) is 75.0 Å². The van der Waals surface area contributed by atoms with Crippen LogP contribution in [0.2, 0.25) is 0 Å². The first kappa shape index (κ1) is 20.7. The van der Waals surface area contributed by atoms with Gasteiger partial charge in [0.25, 0.3) is 0 Å². The van der Waals surface area contributed by atoms with Gasteiger partial charge >= 0.3 is 5.97 Å². The summed E-state index contributed by atoms with van der Waals surface area (Å²) >= 11 is 1.29. The highest BCUT2D eigenvalue weighted by atomic mass is 32.1. The molecule has 0 bridgehead atoms. The molecule has 4 aromatic rings. The Morgan fingerprint density at radius 2 is 1.58 bits per heavy atom. The molecule has 0 saturated heterocycles. The first-order valence-electron chi connectivity index (χ1n) is 9.49. The molecule has 0 atom stereocenters. The molecular formula is C24H20O6S. The minimum atomic E-state index is -0.494. The molecule has 0 amide bonds. The number of rotatable bonds is 5. The molecule has 6 nitrogen and oxygen atoms in total. The molecule has 0 aliphatic heterocycles. The Morgan fingerprint density at radius 1 is 0.871 bits per heavy atom. The Bertz CT molecular complexity index is 1330. The smallest absolute Gasteiger partial charge is 0.353 e. The molecule has 158 valence electrons. The van der Waals surface area contributed by atoms with Gasteiger partial charge < -0.3 is 18.6 Å². The number of hydrogen-bond donors (Lipinski definition) is 0. The van der Waals surface area contributed by atoms with E-state index in [-0.39, 0.29) is 11.2 Å². The molecule has 2 aromatic carbocycles. The van der Waals surface area contributed by atoms with Crippen molar-refractivity contribution in [2.24, 2.45) is 0 Å². The maximum absolute atomic E-state index is 13.1. The summed E-state index contributed by atoms with van der Waals surface area (Å²) in [4.78, 5) is 26.3. The van der Waals surface area contributed by atoms with E-state index in [9.17, 15) is 9.59 Å². The van der Waals surface area contributed by atoms with E-state index in [1.807, 2.05) is 6.07 Å². The van der Waals surface area contributed by atoms with Crippen LogP contribution in [-0.2, 0) is 0 Å². The second-order valence-corrected chi connectivity index (χ2v) is 7.82. The van der Waals surface area contributed by atoms with Crippen LogP contribution in [0.4, 0.5) is 0 Å². The Kier molecular flexibility index (Phi) is 5.52. The lowest BCUT2D eigenvalue weighted by atomic mass is 10.1. The van der Waals surface area contributed by atoms with Gasteiger partial charge in [-0.1, -0.05) is 12.1 Å². The molecule has 0 unspecified atom stereocenters. The molecule has 2 aromatic heterocycles. The quantitative estimate of drug-likeness (QED) is 0.391. The number of hydrogen-bond acceptors (Lipinski definition) is 7. The summed E-state index contributed by atoms with van der Waals surface area (Å²) in [5.74, 6) is 1.84. The zero-order valence-electron chi connectivity index (χ0n) is 17.5. The number of esters is 1. The number of ether oxygens (including phenoxy) is 3. The zero-order chi connectivity index (χ0) is 22.1. The molecule has 0 radical (unpaired) electrons. The Hall–Kier alpha value is -3.58. The number of thiophene rings is 1. The van der Waals surface area contributed by atoms with Crippen molar-refractivity contribution in [3.63, 3.8) is 0 Å². The second kappa shape index (κ2) is 8.28. The Labute approximate surface area is 182 Å². The van der Waals surface area contributed by atoms with Gasteiger partial charge in [0.2, 0.25) is 0 Å². The summed E-state index contributed by atoms with van der Waals surface area (Å²) in [6.07, 6.45) is 0. The molecule has 2 heterocycles. The molecule has 0 aliphatic carbocycles. The number of fused-ring (bicyclic) bond motifs is 1. The van der Waals surface area contributed by atoms with Gasteiger partial charge in [0.05, 0.1) is 25.0 Å². The predicted molar refractivity (Wildman–Crippen MR) is 120 cm³/mol. The lowest BCUT2D eigenvalue weighted by Gasteiger charge is -2.09. The van der Waals surface area contributed by atoms with Crippen LogP contribution in [0.25, 0.3) is 21.9 Å². The van der Waals surface area contributed by atoms with Crippen LogP contribution in [0, 0.1) is 13.8 Å². The number of carbonyl (C=O) groups excluding carboxylic acids is 1. The monoisotopic (exact) mass is 436 g/mol. The first-order chi connectivity index (χ1) is 14.9. The van der Waals surface area contributed by atoms with Gasteiger partial charge in [-0.25, -0.2) is 4.79 Å². The highest BCUT2D eigenvalue weighted by Gasteiger charge is 2.20. The molecular weight excluding hydrogens is 416 g/mol. The molecule has 0 spiro atoms. The molecule has 0 N–H and O–H groups in total. The fourth-order valence-electron chi connectivity index (χ4n) is 3.55. The fraction of sp³-hybridized carbons (Fsp3) is 0.167. The highest BCUT2D eigenvalue weighted by molar-refractivity contribution is 7.12. The van der Waals surface area contributed by atoms with Crippen LogP contribution in [-0.4, -0.2) is 20.2 Å². The third-order valence-electron chi connectivity index (χ3n) is 4.97. The standard InChI is InChI=1S/C24H20O6S/c1-13-22-17(25)10-16(15-7-8-18(27-3)19(11-15)28-4)12-20(23(22)14(2)29-13)30-24(26)21-6-5-9-31-21/h5-12H,1-4H3. The van der Waals surface area contributed by atoms with Gasteiger partial charge in [-0.15, -0.1) is 11.3 Å². The Morgan fingerprint density at radius 3 is 2.26 bits per heavy atom. The van der Waals surface area contributed by atoms with Crippen LogP contribution < -0.4 is 19.6 Å². The van der Waals surface area contributed by atoms with E-state index in [1.54, 1.807) is 63.8 Å². The summed E-state index contributed by atoms with van der Waals surface area (Å²) in [5.41, 5.74) is 1.07. The van der Waals surface area contributed by atoms with Crippen molar-refractivity contribution < 1.29 is 23.4 Å². The third kappa shape index (κ3) is 3.80. The van der Waals surface area contributed by atoms with Crippen molar-refractivity contribution in [3.05, 3.63) is 74.5 Å². The zero-order valence-corrected chi connectivity index (χ0v) is 18.3. The van der Waals surface area contributed by atoms with Crippen molar-refractivity contribution >= 4 is 28.1 Å². The van der Waals surface area contributed by atoms with E-state index >= 15 is 0 Å². The largest absolute Gasteiger partial charge is 0.493 e. The molecule has 0 aliphatic rings. The van der Waals surface area contributed by atoms with E-state index in [0.717, 1.165) is 0 Å². The summed E-state index contributed by atoms with van der Waals surface area (Å²) in [6, 6.07) is 12.0. The summed E-state index contributed by atoms with van der Waals surface area (Å²) in [5, 5.41) is 2.67. The average molecular weight is 436 g/mol. The number of furan rings is 1. The van der Waals surface area contributed by atoms with Gasteiger partial charge in [-0.3, -0.25) is 4.79 Å². The third-order valence-corrected chi connectivity index (χ3v) is 5.82. The van der Waals surface area contributed by atoms with Crippen LogP contribution >= 0.6 is 11.3 Å². The van der Waals surface area contributed by atoms with Gasteiger partial charge in [-0.05, 0) is 60.7 Å². The van der Waals surface area contributed by atoms with E-state index < -0.39 is 5.97 Å². The van der Waals surface area contributed by atoms with Gasteiger partial charge in [0.1, 0.15) is 22.1 Å². The van der Waals surface area contributed by atoms with E-state index in [0.29, 0.717) is 49.8 Å². The molecule has 0 saturated carbocycles. The van der Waals surface area contributed by atoms with Gasteiger partial charge in [-0.2, -0.15) is 0 Å². The molecule has 31 heavy (non-hydrogen) atoms. The van der Waals surface area contributed by atoms with Crippen molar-refractivity contribution in [3.8, 4) is 28.4 Å². The van der Waals surface area contributed by atoms with Crippen molar-refractivity contribution in [1.82, 2.24) is 0 Å². The summed E-state index contributed by atoms with van der Waals surface area (Å²) < 4.78 is 22.1. The fourth-order valence-corrected chi connectivity index (χ4v) is 4.15. The van der Waals surface area contributed by atoms with Gasteiger partial charge in [0.15, 0.2) is 16.9 Å². The predicted octanol–water partition coefficient (Wildman–Crippen LogP) is 5.37. The second-order valence-electron chi connectivity index (χ2n) is 6.87. The Balaban J connectivity index is 1.96. The normalized spacial score (nSPS) is 10.8. The van der Waals surface area contributed by atoms with Crippen molar-refractivity contribution in [1.29, 1.82) is 0 Å². The lowest BCUT2D eigenvalue weighted by Crippen LogP contribution is -2.06. The minimum absolute atomic E-state index is 0.229. The van der Waals surface area contributed by atoms with Crippen LogP contribution in [0.15, 0.2) is 57.1 Å². The average Bonchev–Trinajstić information content (AvgIpc) is 3.36. The van der Waals surface area contributed by atoms with E-state index in [1.165, 1.54) is 17.4 Å². The number of carbonyl (C=O) groups is 1. The first-order valence-corrected chi connectivity index (χ1v) is 10.4. The van der Waals surface area contributed by atoms with E-state index in [4.69, 9.17) is 18.6 Å². The maximum Gasteiger partial charge on any atom is 0.353 e. The molecule has 0 fully saturated rings. The minimum Gasteiger partial charge on any atom is -0.493 e. The molecule has 7 heteroatoms. The lowest BCUT2D eigenvalue weighted by molar-refractivity contribution is 0.0742. The summed E-state index contributed by atoms with van der Waals surface area (Å²) in [7, 11) is 3.10. The van der Waals surface area contributed by atoms with Gasteiger partial charge in [0, 0.05) is 0 Å². The number of benzene rings is 1. The van der Waals surface area contributed by atoms with Crippen LogP contribution in [0.3, 0.4) is 0 Å². The molecule has 4 rings (SSSR count).